The smallest absolute Gasteiger partial charge is 0.349 e. The zero-order chi connectivity index (χ0) is 19.7. The summed E-state index contributed by atoms with van der Waals surface area (Å²) in [4.78, 5) is 49.5. The van der Waals surface area contributed by atoms with Crippen LogP contribution in [-0.2, 0) is 35.0 Å². The van der Waals surface area contributed by atoms with Crippen LogP contribution in [-0.4, -0.2) is 33.7 Å². The van der Waals surface area contributed by atoms with Crippen LogP contribution >= 0.6 is 0 Å². The minimum Gasteiger partial charge on any atom is -0.475 e. The van der Waals surface area contributed by atoms with E-state index in [2.05, 4.69) is 0 Å². The van der Waals surface area contributed by atoms with Crippen LogP contribution in [0.4, 0.5) is 5.69 Å². The summed E-state index contributed by atoms with van der Waals surface area (Å²) in [5.74, 6) is -0.511. The summed E-state index contributed by atoms with van der Waals surface area (Å²) in [5.41, 5.74) is -0.159. The van der Waals surface area contributed by atoms with Crippen molar-refractivity contribution in [2.45, 2.75) is 19.6 Å². The largest absolute Gasteiger partial charge is 0.475 e. The van der Waals surface area contributed by atoms with E-state index in [0.29, 0.717) is 11.4 Å². The molecule has 1 amide bonds. The maximum absolute atomic E-state index is 12.4. The van der Waals surface area contributed by atoms with Gasteiger partial charge in [0.25, 0.3) is 5.56 Å². The van der Waals surface area contributed by atoms with Crippen molar-refractivity contribution in [1.82, 2.24) is 9.13 Å². The number of anilines is 1. The molecule has 0 spiro atoms. The van der Waals surface area contributed by atoms with Crippen molar-refractivity contribution in [1.29, 1.82) is 0 Å². The number of amides is 1. The summed E-state index contributed by atoms with van der Waals surface area (Å²) in [6.45, 7) is 1.16. The Morgan fingerprint density at radius 3 is 2.59 bits per heavy atom. The summed E-state index contributed by atoms with van der Waals surface area (Å²) >= 11 is 0. The number of rotatable bonds is 3. The highest BCUT2D eigenvalue weighted by atomic mass is 16.6. The van der Waals surface area contributed by atoms with E-state index in [-0.39, 0.29) is 24.8 Å². The van der Waals surface area contributed by atoms with E-state index < -0.39 is 23.3 Å². The molecular formula is C18H19N3O6. The number of fused-ring (bicyclic) bond motifs is 1. The summed E-state index contributed by atoms with van der Waals surface area (Å²) in [6.07, 6.45) is -1.01. The van der Waals surface area contributed by atoms with Gasteiger partial charge in [0.05, 0.1) is 17.9 Å². The molecule has 1 atom stereocenters. The van der Waals surface area contributed by atoms with Crippen molar-refractivity contribution >= 4 is 17.6 Å². The van der Waals surface area contributed by atoms with Gasteiger partial charge in [0.2, 0.25) is 12.0 Å². The lowest BCUT2D eigenvalue weighted by Gasteiger charge is -2.33. The van der Waals surface area contributed by atoms with Crippen molar-refractivity contribution in [2.75, 3.05) is 11.4 Å². The molecule has 1 aliphatic heterocycles. The third kappa shape index (κ3) is 3.48. The Morgan fingerprint density at radius 1 is 1.19 bits per heavy atom. The monoisotopic (exact) mass is 373 g/mol. The molecule has 1 unspecified atom stereocenters. The molecule has 0 fully saturated rings. The molecule has 142 valence electrons. The highest BCUT2D eigenvalue weighted by Gasteiger charge is 2.33. The average molecular weight is 373 g/mol. The normalized spacial score (nSPS) is 15.7. The summed E-state index contributed by atoms with van der Waals surface area (Å²) < 4.78 is 13.1. The number of aromatic nitrogens is 2. The van der Waals surface area contributed by atoms with Crippen molar-refractivity contribution in [3.05, 3.63) is 56.9 Å². The molecule has 0 N–H and O–H groups in total. The number of hydrogen-bond acceptors (Lipinski definition) is 6. The number of benzene rings is 1. The fourth-order valence-corrected chi connectivity index (χ4v) is 2.81. The topological polar surface area (TPSA) is 99.8 Å². The Bertz CT molecular complexity index is 1020. The molecule has 1 aromatic heterocycles. The number of ether oxygens (including phenoxy) is 2. The standard InChI is InChI=1S/C18H19N3O6/c1-11(22)21-9-15(27-14-7-5-4-6-13(14)21)17(24)26-10-12-8-16(23)20(3)18(25)19(12)2/h4-8,15H,9-10H2,1-3H3. The molecule has 9 nitrogen and oxygen atoms in total. The molecule has 3 rings (SSSR count). The first-order chi connectivity index (χ1) is 12.8. The van der Waals surface area contributed by atoms with E-state index in [0.717, 1.165) is 4.57 Å². The van der Waals surface area contributed by atoms with Crippen LogP contribution in [0.15, 0.2) is 39.9 Å². The summed E-state index contributed by atoms with van der Waals surface area (Å²) in [6, 6.07) is 8.13. The van der Waals surface area contributed by atoms with Crippen LogP contribution in [0.2, 0.25) is 0 Å². The van der Waals surface area contributed by atoms with Gasteiger partial charge in [-0.25, -0.2) is 9.59 Å². The lowest BCUT2D eigenvalue weighted by Crippen LogP contribution is -2.47. The molecule has 0 saturated carbocycles. The molecule has 0 radical (unpaired) electrons. The first kappa shape index (κ1) is 18.4. The maximum atomic E-state index is 12.4. The maximum Gasteiger partial charge on any atom is 0.349 e. The third-order valence-electron chi connectivity index (χ3n) is 4.40. The number of carbonyl (C=O) groups excluding carboxylic acids is 2. The predicted molar refractivity (Wildman–Crippen MR) is 95.6 cm³/mol. The second-order valence-corrected chi connectivity index (χ2v) is 6.19. The number of nitrogens with zero attached hydrogens (tertiary/aromatic N) is 3. The molecule has 0 aliphatic carbocycles. The van der Waals surface area contributed by atoms with Crippen LogP contribution in [0.3, 0.4) is 0 Å². The molecule has 0 bridgehead atoms. The average Bonchev–Trinajstić information content (AvgIpc) is 2.66. The van der Waals surface area contributed by atoms with Gasteiger partial charge in [-0.2, -0.15) is 0 Å². The highest BCUT2D eigenvalue weighted by Crippen LogP contribution is 2.33. The Balaban J connectivity index is 1.77. The molecule has 2 heterocycles. The van der Waals surface area contributed by atoms with Gasteiger partial charge >= 0.3 is 11.7 Å². The van der Waals surface area contributed by atoms with E-state index in [1.807, 2.05) is 0 Å². The van der Waals surface area contributed by atoms with Gasteiger partial charge in [-0.05, 0) is 12.1 Å². The van der Waals surface area contributed by atoms with Crippen LogP contribution in [0.5, 0.6) is 5.75 Å². The zero-order valence-electron chi connectivity index (χ0n) is 15.2. The lowest BCUT2D eigenvalue weighted by atomic mass is 10.2. The molecule has 0 saturated heterocycles. The number of para-hydroxylation sites is 2. The first-order valence-corrected chi connectivity index (χ1v) is 8.26. The van der Waals surface area contributed by atoms with E-state index in [1.165, 1.54) is 36.6 Å². The van der Waals surface area contributed by atoms with Gasteiger partial charge in [0.15, 0.2) is 0 Å². The second-order valence-electron chi connectivity index (χ2n) is 6.19. The van der Waals surface area contributed by atoms with Crippen molar-refractivity contribution in [3.63, 3.8) is 0 Å². The summed E-state index contributed by atoms with van der Waals surface area (Å²) in [7, 11) is 2.85. The predicted octanol–water partition coefficient (Wildman–Crippen LogP) is -0.0587. The third-order valence-corrected chi connectivity index (χ3v) is 4.40. The minimum atomic E-state index is -1.01. The Kier molecular flexibility index (Phi) is 4.85. The van der Waals surface area contributed by atoms with Gasteiger partial charge in [-0.15, -0.1) is 0 Å². The fraction of sp³-hybridized carbons (Fsp3) is 0.333. The minimum absolute atomic E-state index is 0.0145. The van der Waals surface area contributed by atoms with Gasteiger partial charge in [-0.1, -0.05) is 12.1 Å². The van der Waals surface area contributed by atoms with Gasteiger partial charge in [-0.3, -0.25) is 18.7 Å². The van der Waals surface area contributed by atoms with Gasteiger partial charge < -0.3 is 14.4 Å². The Morgan fingerprint density at radius 2 is 1.89 bits per heavy atom. The van der Waals surface area contributed by atoms with E-state index in [4.69, 9.17) is 9.47 Å². The summed E-state index contributed by atoms with van der Waals surface area (Å²) in [5, 5.41) is 0. The Hall–Kier alpha value is -3.36. The molecule has 1 aliphatic rings. The van der Waals surface area contributed by atoms with Crippen molar-refractivity contribution in [3.8, 4) is 5.75 Å². The van der Waals surface area contributed by atoms with E-state index >= 15 is 0 Å². The van der Waals surface area contributed by atoms with Crippen LogP contribution in [0.25, 0.3) is 0 Å². The Labute approximate surface area is 154 Å². The van der Waals surface area contributed by atoms with Gasteiger partial charge in [0.1, 0.15) is 12.4 Å². The quantitative estimate of drug-likeness (QED) is 0.699. The van der Waals surface area contributed by atoms with Crippen LogP contribution in [0, 0.1) is 0 Å². The van der Waals surface area contributed by atoms with Crippen LogP contribution < -0.4 is 20.9 Å². The number of hydrogen-bond donors (Lipinski definition) is 0. The molecular weight excluding hydrogens is 354 g/mol. The first-order valence-electron chi connectivity index (χ1n) is 8.26. The molecule has 2 aromatic rings. The second kappa shape index (κ2) is 7.10. The lowest BCUT2D eigenvalue weighted by molar-refractivity contribution is -0.153. The molecule has 27 heavy (non-hydrogen) atoms. The zero-order valence-corrected chi connectivity index (χ0v) is 15.2. The number of esters is 1. The molecule has 9 heteroatoms. The van der Waals surface area contributed by atoms with Crippen molar-refractivity contribution in [2.24, 2.45) is 14.1 Å². The van der Waals surface area contributed by atoms with Gasteiger partial charge in [0, 0.05) is 27.1 Å². The fourth-order valence-electron chi connectivity index (χ4n) is 2.81. The van der Waals surface area contributed by atoms with Crippen LogP contribution in [0.1, 0.15) is 12.6 Å². The number of carbonyl (C=O) groups is 2. The van der Waals surface area contributed by atoms with E-state index in [1.54, 1.807) is 24.3 Å². The SMILES string of the molecule is CC(=O)N1CC(C(=O)OCc2cc(=O)n(C)c(=O)n2C)Oc2ccccc21. The van der Waals surface area contributed by atoms with E-state index in [9.17, 15) is 19.2 Å². The van der Waals surface area contributed by atoms with Crippen molar-refractivity contribution < 1.29 is 19.1 Å². The molecule has 1 aromatic carbocycles. The highest BCUT2D eigenvalue weighted by molar-refractivity contribution is 5.95.